The van der Waals surface area contributed by atoms with Gasteiger partial charge in [0.15, 0.2) is 0 Å². The minimum Gasteiger partial charge on any atom is -0.329 e. The van der Waals surface area contributed by atoms with E-state index in [0.29, 0.717) is 29.6 Å². The van der Waals surface area contributed by atoms with Gasteiger partial charge in [-0.25, -0.2) is 8.42 Å². The van der Waals surface area contributed by atoms with Crippen LogP contribution in [0.2, 0.25) is 5.02 Å². The van der Waals surface area contributed by atoms with E-state index in [1.165, 1.54) is 0 Å². The van der Waals surface area contributed by atoms with E-state index in [4.69, 9.17) is 17.3 Å². The van der Waals surface area contributed by atoms with Gasteiger partial charge < -0.3 is 5.73 Å². The zero-order valence-corrected chi connectivity index (χ0v) is 13.4. The van der Waals surface area contributed by atoms with Crippen LogP contribution in [0.25, 0.3) is 0 Å². The van der Waals surface area contributed by atoms with Gasteiger partial charge in [-0.3, -0.25) is 0 Å². The van der Waals surface area contributed by atoms with Gasteiger partial charge in [-0.2, -0.15) is 4.31 Å². The second kappa shape index (κ2) is 6.02. The number of sulfonamides is 1. The highest BCUT2D eigenvalue weighted by atomic mass is 35.5. The summed E-state index contributed by atoms with van der Waals surface area (Å²) in [5.41, 5.74) is 6.37. The van der Waals surface area contributed by atoms with Crippen molar-refractivity contribution in [1.82, 2.24) is 4.31 Å². The van der Waals surface area contributed by atoms with Crippen LogP contribution in [0.5, 0.6) is 0 Å². The zero-order valence-electron chi connectivity index (χ0n) is 11.8. The average Bonchev–Trinajstić information content (AvgIpc) is 2.41. The van der Waals surface area contributed by atoms with Gasteiger partial charge in [0.05, 0.1) is 4.90 Å². The molecule has 2 atom stereocenters. The molecule has 0 aliphatic carbocycles. The van der Waals surface area contributed by atoms with Crippen molar-refractivity contribution in [3.63, 3.8) is 0 Å². The number of halogens is 1. The third kappa shape index (κ3) is 2.86. The number of hydrogen-bond acceptors (Lipinski definition) is 3. The summed E-state index contributed by atoms with van der Waals surface area (Å²) in [6.45, 7) is 4.75. The van der Waals surface area contributed by atoms with Gasteiger partial charge in [-0.15, -0.1) is 0 Å². The first kappa shape index (κ1) is 15.8. The Morgan fingerprint density at radius 2 is 2.15 bits per heavy atom. The number of nitrogens with two attached hydrogens (primary N) is 1. The molecule has 1 aromatic carbocycles. The Hall–Kier alpha value is -0.620. The van der Waals surface area contributed by atoms with Crippen molar-refractivity contribution in [2.24, 2.45) is 11.7 Å². The fourth-order valence-electron chi connectivity index (χ4n) is 2.75. The Bertz CT molecular complexity index is 589. The van der Waals surface area contributed by atoms with E-state index < -0.39 is 10.0 Å². The van der Waals surface area contributed by atoms with Gasteiger partial charge in [-0.1, -0.05) is 24.6 Å². The van der Waals surface area contributed by atoms with E-state index in [-0.39, 0.29) is 10.9 Å². The summed E-state index contributed by atoms with van der Waals surface area (Å²) in [6, 6.07) is 4.87. The Kier molecular flexibility index (Phi) is 4.74. The van der Waals surface area contributed by atoms with Gasteiger partial charge in [0, 0.05) is 24.2 Å². The molecule has 1 fully saturated rings. The van der Waals surface area contributed by atoms with Crippen LogP contribution < -0.4 is 5.73 Å². The van der Waals surface area contributed by atoms with Crippen LogP contribution in [0.1, 0.15) is 25.3 Å². The van der Waals surface area contributed by atoms with Crippen molar-refractivity contribution in [2.75, 3.05) is 13.1 Å². The summed E-state index contributed by atoms with van der Waals surface area (Å²) in [5.74, 6) is 0.510. The molecule has 0 bridgehead atoms. The zero-order chi connectivity index (χ0) is 14.9. The molecule has 0 amide bonds. The largest absolute Gasteiger partial charge is 0.329 e. The predicted molar refractivity (Wildman–Crippen MR) is 81.3 cm³/mol. The molecule has 1 aromatic rings. The minimum atomic E-state index is -3.53. The van der Waals surface area contributed by atoms with E-state index in [0.717, 1.165) is 12.8 Å². The number of nitrogens with zero attached hydrogens (tertiary/aromatic N) is 1. The van der Waals surface area contributed by atoms with E-state index in [9.17, 15) is 8.42 Å². The molecule has 2 unspecified atom stereocenters. The van der Waals surface area contributed by atoms with E-state index >= 15 is 0 Å². The first-order valence-corrected chi connectivity index (χ1v) is 8.66. The molecule has 1 aliphatic rings. The Morgan fingerprint density at radius 3 is 2.80 bits per heavy atom. The molecule has 6 heteroatoms. The molecule has 2 rings (SSSR count). The van der Waals surface area contributed by atoms with E-state index in [1.807, 2.05) is 0 Å². The molecule has 20 heavy (non-hydrogen) atoms. The summed E-state index contributed by atoms with van der Waals surface area (Å²) in [7, 11) is -3.53. The Labute approximate surface area is 126 Å². The van der Waals surface area contributed by atoms with Crippen LogP contribution in [-0.4, -0.2) is 31.9 Å². The number of benzene rings is 1. The molecule has 112 valence electrons. The lowest BCUT2D eigenvalue weighted by atomic mass is 9.94. The maximum absolute atomic E-state index is 12.8. The first-order chi connectivity index (χ1) is 9.37. The van der Waals surface area contributed by atoms with Crippen molar-refractivity contribution >= 4 is 21.6 Å². The monoisotopic (exact) mass is 316 g/mol. The summed E-state index contributed by atoms with van der Waals surface area (Å²) in [4.78, 5) is 0.290. The third-order valence-electron chi connectivity index (χ3n) is 4.00. The highest BCUT2D eigenvalue weighted by molar-refractivity contribution is 7.89. The van der Waals surface area contributed by atoms with E-state index in [1.54, 1.807) is 29.4 Å². The van der Waals surface area contributed by atoms with Crippen molar-refractivity contribution in [3.05, 3.63) is 28.8 Å². The number of rotatable bonds is 3. The van der Waals surface area contributed by atoms with Crippen LogP contribution >= 0.6 is 11.6 Å². The lowest BCUT2D eigenvalue weighted by Crippen LogP contribution is -2.49. The van der Waals surface area contributed by atoms with Gasteiger partial charge in [-0.05, 0) is 43.4 Å². The Morgan fingerprint density at radius 1 is 1.45 bits per heavy atom. The Balaban J connectivity index is 2.41. The molecule has 0 saturated carbocycles. The van der Waals surface area contributed by atoms with Gasteiger partial charge >= 0.3 is 0 Å². The van der Waals surface area contributed by atoms with Crippen molar-refractivity contribution in [3.8, 4) is 0 Å². The van der Waals surface area contributed by atoms with Crippen molar-refractivity contribution in [2.45, 2.75) is 37.6 Å². The molecule has 1 saturated heterocycles. The van der Waals surface area contributed by atoms with Gasteiger partial charge in [0.1, 0.15) is 0 Å². The second-order valence-corrected chi connectivity index (χ2v) is 7.76. The standard InChI is InChI=1S/C14H21ClN2O2S/c1-10-6-7-17(12(8-10)9-16)20(18,19)14-5-3-4-13(15)11(14)2/h3-5,10,12H,6-9,16H2,1-2H3. The highest BCUT2D eigenvalue weighted by Crippen LogP contribution is 2.31. The van der Waals surface area contributed by atoms with Gasteiger partial charge in [0.2, 0.25) is 10.0 Å². The lowest BCUT2D eigenvalue weighted by Gasteiger charge is -2.37. The van der Waals surface area contributed by atoms with Crippen LogP contribution in [0, 0.1) is 12.8 Å². The first-order valence-electron chi connectivity index (χ1n) is 6.85. The fourth-order valence-corrected chi connectivity index (χ4v) is 4.89. The van der Waals surface area contributed by atoms with E-state index in [2.05, 4.69) is 6.92 Å². The molecule has 4 nitrogen and oxygen atoms in total. The maximum atomic E-state index is 12.8. The molecular weight excluding hydrogens is 296 g/mol. The lowest BCUT2D eigenvalue weighted by molar-refractivity contribution is 0.211. The molecule has 1 aliphatic heterocycles. The third-order valence-corrected chi connectivity index (χ3v) is 6.51. The van der Waals surface area contributed by atoms with Crippen LogP contribution in [-0.2, 0) is 10.0 Å². The summed E-state index contributed by atoms with van der Waals surface area (Å²) in [6.07, 6.45) is 1.69. The minimum absolute atomic E-state index is 0.123. The fraction of sp³-hybridized carbons (Fsp3) is 0.571. The van der Waals surface area contributed by atoms with Crippen molar-refractivity contribution < 1.29 is 8.42 Å². The van der Waals surface area contributed by atoms with Crippen LogP contribution in [0.15, 0.2) is 23.1 Å². The molecule has 0 aromatic heterocycles. The molecule has 0 radical (unpaired) electrons. The summed E-state index contributed by atoms with van der Waals surface area (Å²) in [5, 5.41) is 0.473. The summed E-state index contributed by atoms with van der Waals surface area (Å²) < 4.78 is 27.2. The quantitative estimate of drug-likeness (QED) is 0.931. The maximum Gasteiger partial charge on any atom is 0.243 e. The topological polar surface area (TPSA) is 63.4 Å². The predicted octanol–water partition coefficient (Wildman–Crippen LogP) is 2.40. The molecule has 0 spiro atoms. The second-order valence-electron chi connectivity index (χ2n) is 5.50. The number of piperidine rings is 1. The van der Waals surface area contributed by atoms with Crippen LogP contribution in [0.4, 0.5) is 0 Å². The normalized spacial score (nSPS) is 24.8. The molecule has 1 heterocycles. The SMILES string of the molecule is Cc1c(Cl)cccc1S(=O)(=O)N1CCC(C)CC1CN. The van der Waals surface area contributed by atoms with Crippen LogP contribution in [0.3, 0.4) is 0 Å². The molecule has 2 N–H and O–H groups in total. The molecular formula is C14H21ClN2O2S. The number of hydrogen-bond donors (Lipinski definition) is 1. The highest BCUT2D eigenvalue weighted by Gasteiger charge is 2.35. The smallest absolute Gasteiger partial charge is 0.243 e. The van der Waals surface area contributed by atoms with Crippen molar-refractivity contribution in [1.29, 1.82) is 0 Å². The average molecular weight is 317 g/mol. The van der Waals surface area contributed by atoms with Gasteiger partial charge in [0.25, 0.3) is 0 Å². The summed E-state index contributed by atoms with van der Waals surface area (Å²) >= 11 is 6.04.